The van der Waals surface area contributed by atoms with Crippen LogP contribution in [0.2, 0.25) is 0 Å². The fraction of sp³-hybridized carbons (Fsp3) is 0. The molecule has 17 nitrogen and oxygen atoms in total. The van der Waals surface area contributed by atoms with Crippen molar-refractivity contribution in [2.75, 3.05) is 0 Å². The van der Waals surface area contributed by atoms with Gasteiger partial charge in [0.25, 0.3) is 20.2 Å². The van der Waals surface area contributed by atoms with Crippen LogP contribution in [0.3, 0.4) is 0 Å². The van der Waals surface area contributed by atoms with Crippen molar-refractivity contribution in [1.29, 1.82) is 0 Å². The Morgan fingerprint density at radius 1 is 0.561 bits per heavy atom. The Bertz CT molecular complexity index is 2270. The van der Waals surface area contributed by atoms with Gasteiger partial charge in [-0.3, -0.25) is 9.11 Å². The molecule has 0 heterocycles. The third kappa shape index (κ3) is 5.77. The lowest BCUT2D eigenvalue weighted by Gasteiger charge is -2.14. The lowest BCUT2D eigenvalue weighted by atomic mass is 10.1. The molecule has 0 atom stereocenters. The second-order valence-corrected chi connectivity index (χ2v) is 13.7. The Morgan fingerprint density at radius 2 is 1.02 bits per heavy atom. The second kappa shape index (κ2) is 9.56. The molecule has 41 heavy (non-hydrogen) atoms. The van der Waals surface area contributed by atoms with E-state index in [0.717, 1.165) is 0 Å². The van der Waals surface area contributed by atoms with Gasteiger partial charge in [0.05, 0.1) is 31.1 Å². The maximum absolute atomic E-state index is 12.1. The predicted molar refractivity (Wildman–Crippen MR) is 133 cm³/mol. The Kier molecular flexibility index (Phi) is 7.00. The van der Waals surface area contributed by atoms with Crippen molar-refractivity contribution in [2.24, 2.45) is 10.2 Å². The van der Waals surface area contributed by atoms with Crippen molar-refractivity contribution in [3.05, 3.63) is 42.5 Å². The van der Waals surface area contributed by atoms with Crippen LogP contribution in [0, 0.1) is 0 Å². The van der Waals surface area contributed by atoms with E-state index in [1.807, 2.05) is 0 Å². The van der Waals surface area contributed by atoms with Gasteiger partial charge in [-0.25, -0.2) is 16.8 Å². The standard InChI is InChI=1S/C20H14N2O15S4/c23-14-6-11(39(29,30)31)2-8-1-10(38(26,27)28)5-13(17(8)14)21-22-19-16(41(35,36)37)4-9-3-12(40(32,33)34)7-15(24)18(9)20(19)25/h1-7,23-25H,(H,26,27,28)(H,29,30,31)(H,32,33,34)(H,35,36,37)/p-2. The SMILES string of the molecule is O=S(=O)([O-])c1cc(O)c2c(N=Nc3c(S(=O)(=O)O)cc4cc(S(=O)(=O)[O-])cc(O)c4c3O)cc(S(=O)(=O)O)cc2c1. The predicted octanol–water partition coefficient (Wildman–Crippen LogP) is 1.83. The smallest absolute Gasteiger partial charge is 0.296 e. The van der Waals surface area contributed by atoms with Crippen LogP contribution in [0.5, 0.6) is 17.2 Å². The molecule has 0 aliphatic rings. The van der Waals surface area contributed by atoms with E-state index < -0.39 is 110 Å². The van der Waals surface area contributed by atoms with Crippen molar-refractivity contribution in [3.8, 4) is 17.2 Å². The molecule has 0 saturated heterocycles. The molecule has 4 aromatic carbocycles. The van der Waals surface area contributed by atoms with E-state index in [0.29, 0.717) is 42.5 Å². The van der Waals surface area contributed by atoms with Crippen molar-refractivity contribution < 1.29 is 67.2 Å². The Morgan fingerprint density at radius 3 is 1.49 bits per heavy atom. The van der Waals surface area contributed by atoms with Crippen molar-refractivity contribution in [1.82, 2.24) is 0 Å². The molecule has 5 N–H and O–H groups in total. The topological polar surface area (TPSA) is 309 Å². The van der Waals surface area contributed by atoms with Crippen LogP contribution < -0.4 is 0 Å². The first-order valence-electron chi connectivity index (χ1n) is 10.2. The van der Waals surface area contributed by atoms with E-state index in [9.17, 15) is 67.2 Å². The summed E-state index contributed by atoms with van der Waals surface area (Å²) in [7, 11) is -20.7. The van der Waals surface area contributed by atoms with Gasteiger partial charge >= 0.3 is 0 Å². The molecule has 0 fully saturated rings. The molecule has 4 rings (SSSR count). The van der Waals surface area contributed by atoms with Gasteiger partial charge in [-0.2, -0.15) is 16.8 Å². The monoisotopic (exact) mass is 648 g/mol. The van der Waals surface area contributed by atoms with Crippen LogP contribution in [0.15, 0.2) is 72.3 Å². The van der Waals surface area contributed by atoms with E-state index >= 15 is 0 Å². The first-order valence-corrected chi connectivity index (χ1v) is 15.9. The van der Waals surface area contributed by atoms with Gasteiger partial charge < -0.3 is 24.4 Å². The summed E-state index contributed by atoms with van der Waals surface area (Å²) < 4.78 is 135. The highest BCUT2D eigenvalue weighted by atomic mass is 32.2. The Labute approximate surface area is 229 Å². The summed E-state index contributed by atoms with van der Waals surface area (Å²) in [5.74, 6) is -3.24. The molecule has 0 radical (unpaired) electrons. The number of hydrogen-bond acceptors (Lipinski definition) is 15. The minimum Gasteiger partial charge on any atom is -0.744 e. The average molecular weight is 649 g/mol. The molecule has 21 heteroatoms. The maximum Gasteiger partial charge on any atom is 0.296 e. The summed E-state index contributed by atoms with van der Waals surface area (Å²) in [6, 6.07) is 3.88. The number of benzene rings is 4. The van der Waals surface area contributed by atoms with Gasteiger partial charge in [0.2, 0.25) is 0 Å². The second-order valence-electron chi connectivity index (χ2n) is 8.15. The quantitative estimate of drug-likeness (QED) is 0.147. The van der Waals surface area contributed by atoms with Crippen LogP contribution in [-0.4, -0.2) is 67.2 Å². The van der Waals surface area contributed by atoms with Crippen LogP contribution in [0.4, 0.5) is 11.4 Å². The van der Waals surface area contributed by atoms with Crippen molar-refractivity contribution in [3.63, 3.8) is 0 Å². The molecule has 218 valence electrons. The van der Waals surface area contributed by atoms with Crippen molar-refractivity contribution in [2.45, 2.75) is 19.6 Å². The molecular formula is C20H12N2O15S4-2. The highest BCUT2D eigenvalue weighted by Gasteiger charge is 2.25. The fourth-order valence-corrected chi connectivity index (χ4v) is 6.02. The van der Waals surface area contributed by atoms with Crippen LogP contribution >= 0.6 is 0 Å². The molecule has 0 unspecified atom stereocenters. The fourth-order valence-electron chi connectivity index (χ4n) is 3.77. The summed E-state index contributed by atoms with van der Waals surface area (Å²) in [5, 5.41) is 36.2. The first-order chi connectivity index (χ1) is 18.6. The lowest BCUT2D eigenvalue weighted by molar-refractivity contribution is 0.453. The maximum atomic E-state index is 12.1. The van der Waals surface area contributed by atoms with Gasteiger partial charge in [0.1, 0.15) is 42.3 Å². The van der Waals surface area contributed by atoms with Crippen LogP contribution in [0.25, 0.3) is 21.5 Å². The highest BCUT2D eigenvalue weighted by Crippen LogP contribution is 2.46. The Hall–Kier alpha value is -3.96. The van der Waals surface area contributed by atoms with Gasteiger partial charge in [-0.15, -0.1) is 10.2 Å². The molecule has 0 aliphatic carbocycles. The number of aromatic hydroxyl groups is 3. The molecule has 0 saturated carbocycles. The van der Waals surface area contributed by atoms with Gasteiger partial charge in [-0.1, -0.05) is 0 Å². The summed E-state index contributed by atoms with van der Waals surface area (Å²) in [6.45, 7) is 0. The normalized spacial score (nSPS) is 13.4. The zero-order valence-corrected chi connectivity index (χ0v) is 22.7. The number of phenols is 3. The number of rotatable bonds is 6. The van der Waals surface area contributed by atoms with E-state index in [-0.39, 0.29) is 0 Å². The Balaban J connectivity index is 2.09. The average Bonchev–Trinajstić information content (AvgIpc) is 2.80. The molecule has 0 aromatic heterocycles. The van der Waals surface area contributed by atoms with E-state index in [4.69, 9.17) is 0 Å². The van der Waals surface area contributed by atoms with E-state index in [1.165, 1.54) is 0 Å². The number of nitrogens with zero attached hydrogens (tertiary/aromatic N) is 2. The number of azo groups is 1. The van der Waals surface area contributed by atoms with E-state index in [1.54, 1.807) is 0 Å². The first kappa shape index (κ1) is 30.0. The third-order valence-corrected chi connectivity index (χ3v) is 8.79. The molecule has 0 amide bonds. The van der Waals surface area contributed by atoms with E-state index in [2.05, 4.69) is 10.2 Å². The summed E-state index contributed by atoms with van der Waals surface area (Å²) in [6.07, 6.45) is 0. The van der Waals surface area contributed by atoms with Crippen LogP contribution in [0.1, 0.15) is 0 Å². The summed E-state index contributed by atoms with van der Waals surface area (Å²) in [4.78, 5) is -4.24. The number of hydrogen-bond donors (Lipinski definition) is 5. The number of fused-ring (bicyclic) bond motifs is 2. The number of phenolic OH excluding ortho intramolecular Hbond substituents is 3. The lowest BCUT2D eigenvalue weighted by Crippen LogP contribution is -2.01. The molecule has 0 spiro atoms. The summed E-state index contributed by atoms with van der Waals surface area (Å²) >= 11 is 0. The zero-order chi connectivity index (χ0) is 30.9. The summed E-state index contributed by atoms with van der Waals surface area (Å²) in [5.41, 5.74) is -1.82. The van der Waals surface area contributed by atoms with Gasteiger partial charge in [0, 0.05) is 0 Å². The van der Waals surface area contributed by atoms with Crippen molar-refractivity contribution >= 4 is 73.4 Å². The molecule has 0 bridgehead atoms. The van der Waals surface area contributed by atoms with Crippen LogP contribution in [-0.2, 0) is 40.5 Å². The third-order valence-electron chi connectivity index (χ3n) is 5.47. The largest absolute Gasteiger partial charge is 0.744 e. The zero-order valence-electron chi connectivity index (χ0n) is 19.4. The highest BCUT2D eigenvalue weighted by molar-refractivity contribution is 7.86. The molecule has 4 aromatic rings. The molecule has 0 aliphatic heterocycles. The molecular weight excluding hydrogens is 636 g/mol. The minimum absolute atomic E-state index is 0.432. The van der Waals surface area contributed by atoms with Gasteiger partial charge in [0.15, 0.2) is 5.75 Å². The minimum atomic E-state index is -5.33. The van der Waals surface area contributed by atoms with Gasteiger partial charge in [-0.05, 0) is 53.2 Å².